The molecule has 0 saturated carbocycles. The second-order valence-electron chi connectivity index (χ2n) is 10.6. The molecule has 0 unspecified atom stereocenters. The summed E-state index contributed by atoms with van der Waals surface area (Å²) in [5.74, 6) is -1.50. The molecule has 194 valence electrons. The molecule has 0 radical (unpaired) electrons. The highest BCUT2D eigenvalue weighted by molar-refractivity contribution is 6.38. The Morgan fingerprint density at radius 3 is 2.50 bits per heavy atom. The van der Waals surface area contributed by atoms with Crippen molar-refractivity contribution in [2.75, 3.05) is 12.3 Å². The van der Waals surface area contributed by atoms with Gasteiger partial charge in [-0.15, -0.1) is 0 Å². The Morgan fingerprint density at radius 2 is 1.83 bits per heavy atom. The molecule has 1 fully saturated rings. The third-order valence-corrected chi connectivity index (χ3v) is 7.54. The number of anilines is 1. The van der Waals surface area contributed by atoms with E-state index in [9.17, 15) is 14.4 Å². The summed E-state index contributed by atoms with van der Waals surface area (Å²) in [5.41, 5.74) is 10.3. The SMILES string of the molecule is CCC(C)(C)C(=O)C(=O)N1CCCC[C@H]1C(=O)O[C@H](CCc1ccc(C)c(C)c1)c1cccc(N)c1. The lowest BCUT2D eigenvalue weighted by molar-refractivity contribution is -0.164. The maximum Gasteiger partial charge on any atom is 0.329 e. The number of likely N-dealkylation sites (tertiary alicyclic amines) is 1. The highest BCUT2D eigenvalue weighted by atomic mass is 16.5. The number of rotatable bonds is 9. The predicted octanol–water partition coefficient (Wildman–Crippen LogP) is 5.49. The maximum absolute atomic E-state index is 13.5. The summed E-state index contributed by atoms with van der Waals surface area (Å²) in [6.45, 7) is 9.99. The van der Waals surface area contributed by atoms with Gasteiger partial charge in [0.2, 0.25) is 5.78 Å². The molecule has 36 heavy (non-hydrogen) atoms. The number of amides is 1. The van der Waals surface area contributed by atoms with Gasteiger partial charge in [0.15, 0.2) is 0 Å². The molecular weight excluding hydrogens is 452 g/mol. The van der Waals surface area contributed by atoms with Gasteiger partial charge in [0.25, 0.3) is 5.91 Å². The Labute approximate surface area is 215 Å². The van der Waals surface area contributed by atoms with Crippen molar-refractivity contribution in [3.05, 3.63) is 64.7 Å². The zero-order valence-electron chi connectivity index (χ0n) is 22.3. The van der Waals surface area contributed by atoms with E-state index < -0.39 is 35.2 Å². The van der Waals surface area contributed by atoms with Crippen LogP contribution in [0.5, 0.6) is 0 Å². The fraction of sp³-hybridized carbons (Fsp3) is 0.500. The minimum absolute atomic E-state index is 0.385. The lowest BCUT2D eigenvalue weighted by Crippen LogP contribution is -2.53. The summed E-state index contributed by atoms with van der Waals surface area (Å²) in [5, 5.41) is 0. The molecule has 2 aromatic rings. The van der Waals surface area contributed by atoms with Crippen LogP contribution in [0.4, 0.5) is 5.69 Å². The lowest BCUT2D eigenvalue weighted by atomic mass is 9.84. The average Bonchev–Trinajstić information content (AvgIpc) is 2.87. The number of carbonyl (C=O) groups excluding carboxylic acids is 3. The number of benzene rings is 2. The van der Waals surface area contributed by atoms with Crippen molar-refractivity contribution in [1.82, 2.24) is 4.90 Å². The van der Waals surface area contributed by atoms with Gasteiger partial charge in [0, 0.05) is 17.6 Å². The van der Waals surface area contributed by atoms with Crippen LogP contribution in [0.3, 0.4) is 0 Å². The van der Waals surface area contributed by atoms with Crippen LogP contribution in [0.25, 0.3) is 0 Å². The molecule has 2 aromatic carbocycles. The second-order valence-corrected chi connectivity index (χ2v) is 10.6. The third-order valence-electron chi connectivity index (χ3n) is 7.54. The Bertz CT molecular complexity index is 1110. The minimum atomic E-state index is -0.765. The molecular formula is C30H40N2O4. The van der Waals surface area contributed by atoms with Gasteiger partial charge in [-0.2, -0.15) is 0 Å². The standard InChI is InChI=1S/C30H40N2O4/c1-6-30(4,5)27(33)28(34)32-17-8-7-12-25(32)29(35)36-26(23-10-9-11-24(31)19-23)16-15-22-14-13-20(2)21(3)18-22/h9-11,13-14,18-19,25-26H,6-8,12,15-17,31H2,1-5H3/t25-,26+/m0/s1. The van der Waals surface area contributed by atoms with Crippen LogP contribution in [0.15, 0.2) is 42.5 Å². The lowest BCUT2D eigenvalue weighted by Gasteiger charge is -2.36. The number of carbonyl (C=O) groups is 3. The molecule has 1 saturated heterocycles. The van der Waals surface area contributed by atoms with Gasteiger partial charge in [-0.05, 0) is 86.8 Å². The van der Waals surface area contributed by atoms with Gasteiger partial charge in [0.1, 0.15) is 12.1 Å². The van der Waals surface area contributed by atoms with E-state index in [2.05, 4.69) is 32.0 Å². The van der Waals surface area contributed by atoms with Crippen molar-refractivity contribution in [2.24, 2.45) is 5.41 Å². The monoisotopic (exact) mass is 492 g/mol. The van der Waals surface area contributed by atoms with E-state index in [1.807, 2.05) is 25.1 Å². The second kappa shape index (κ2) is 11.7. The molecule has 3 rings (SSSR count). The number of aryl methyl sites for hydroxylation is 3. The van der Waals surface area contributed by atoms with Crippen LogP contribution in [-0.2, 0) is 25.5 Å². The number of ether oxygens (including phenoxy) is 1. The van der Waals surface area contributed by atoms with Crippen molar-refractivity contribution >= 4 is 23.3 Å². The minimum Gasteiger partial charge on any atom is -0.456 e. The normalized spacial score (nSPS) is 16.9. The van der Waals surface area contributed by atoms with Crippen LogP contribution < -0.4 is 5.73 Å². The third kappa shape index (κ3) is 6.54. The molecule has 2 N–H and O–H groups in total. The summed E-state index contributed by atoms with van der Waals surface area (Å²) < 4.78 is 6.08. The van der Waals surface area contributed by atoms with E-state index in [-0.39, 0.29) is 0 Å². The summed E-state index contributed by atoms with van der Waals surface area (Å²) >= 11 is 0. The first-order chi connectivity index (χ1) is 17.0. The number of nitrogen functional groups attached to an aromatic ring is 1. The number of esters is 1. The number of piperidine rings is 1. The molecule has 6 heteroatoms. The van der Waals surface area contributed by atoms with E-state index in [0.29, 0.717) is 31.5 Å². The number of nitrogens with two attached hydrogens (primary N) is 1. The summed E-state index contributed by atoms with van der Waals surface area (Å²) in [4.78, 5) is 40.9. The highest BCUT2D eigenvalue weighted by Crippen LogP contribution is 2.30. The highest BCUT2D eigenvalue weighted by Gasteiger charge is 2.41. The van der Waals surface area contributed by atoms with Crippen molar-refractivity contribution in [3.8, 4) is 0 Å². The number of nitrogens with zero attached hydrogens (tertiary/aromatic N) is 1. The molecule has 2 atom stereocenters. The first-order valence-electron chi connectivity index (χ1n) is 13.0. The van der Waals surface area contributed by atoms with Crippen LogP contribution in [0.1, 0.15) is 81.2 Å². The van der Waals surface area contributed by atoms with E-state index >= 15 is 0 Å². The van der Waals surface area contributed by atoms with E-state index in [4.69, 9.17) is 10.5 Å². The molecule has 1 amide bonds. The van der Waals surface area contributed by atoms with E-state index in [1.54, 1.807) is 19.9 Å². The average molecular weight is 493 g/mol. The van der Waals surface area contributed by atoms with Crippen molar-refractivity contribution < 1.29 is 19.1 Å². The number of hydrogen-bond acceptors (Lipinski definition) is 5. The Balaban J connectivity index is 1.81. The van der Waals surface area contributed by atoms with Crippen LogP contribution in [0.2, 0.25) is 0 Å². The number of hydrogen-bond donors (Lipinski definition) is 1. The fourth-order valence-corrected chi connectivity index (χ4v) is 4.53. The Hall–Kier alpha value is -3.15. The largest absolute Gasteiger partial charge is 0.456 e. The quantitative estimate of drug-likeness (QED) is 0.284. The van der Waals surface area contributed by atoms with Gasteiger partial charge < -0.3 is 15.4 Å². The van der Waals surface area contributed by atoms with Crippen molar-refractivity contribution in [2.45, 2.75) is 85.3 Å². The maximum atomic E-state index is 13.5. The predicted molar refractivity (Wildman–Crippen MR) is 142 cm³/mol. The van der Waals surface area contributed by atoms with Crippen molar-refractivity contribution in [3.63, 3.8) is 0 Å². The van der Waals surface area contributed by atoms with Gasteiger partial charge in [-0.25, -0.2) is 4.79 Å². The summed E-state index contributed by atoms with van der Waals surface area (Å²) in [7, 11) is 0. The van der Waals surface area contributed by atoms with Gasteiger partial charge in [0.05, 0.1) is 0 Å². The van der Waals surface area contributed by atoms with Gasteiger partial charge in [-0.1, -0.05) is 51.1 Å². The van der Waals surface area contributed by atoms with Crippen LogP contribution in [0, 0.1) is 19.3 Å². The first kappa shape index (κ1) is 27.4. The van der Waals surface area contributed by atoms with E-state index in [1.165, 1.54) is 21.6 Å². The zero-order valence-corrected chi connectivity index (χ0v) is 22.3. The van der Waals surface area contributed by atoms with Crippen LogP contribution in [-0.4, -0.2) is 35.1 Å². The first-order valence-corrected chi connectivity index (χ1v) is 13.0. The summed E-state index contributed by atoms with van der Waals surface area (Å²) in [6.07, 6.45) is 3.41. The van der Waals surface area contributed by atoms with Gasteiger partial charge in [-0.3, -0.25) is 9.59 Å². The summed E-state index contributed by atoms with van der Waals surface area (Å²) in [6, 6.07) is 13.0. The molecule has 0 spiro atoms. The molecule has 1 heterocycles. The zero-order chi connectivity index (χ0) is 26.5. The van der Waals surface area contributed by atoms with Gasteiger partial charge >= 0.3 is 5.97 Å². The number of ketones is 1. The van der Waals surface area contributed by atoms with Crippen molar-refractivity contribution in [1.29, 1.82) is 0 Å². The fourth-order valence-electron chi connectivity index (χ4n) is 4.53. The Kier molecular flexibility index (Phi) is 8.93. The Morgan fingerprint density at radius 1 is 1.08 bits per heavy atom. The van der Waals surface area contributed by atoms with Crippen LogP contribution >= 0.6 is 0 Å². The molecule has 1 aliphatic rings. The number of Topliss-reactive ketones (excluding diaryl/α,β-unsaturated/α-hetero) is 1. The molecule has 1 aliphatic heterocycles. The molecule has 0 aliphatic carbocycles. The molecule has 6 nitrogen and oxygen atoms in total. The smallest absolute Gasteiger partial charge is 0.329 e. The molecule has 0 bridgehead atoms. The topological polar surface area (TPSA) is 89.7 Å². The van der Waals surface area contributed by atoms with E-state index in [0.717, 1.165) is 24.8 Å². The molecule has 0 aromatic heterocycles.